The van der Waals surface area contributed by atoms with Crippen LogP contribution in [0.4, 0.5) is 11.4 Å². The van der Waals surface area contributed by atoms with Gasteiger partial charge in [0.1, 0.15) is 0 Å². The summed E-state index contributed by atoms with van der Waals surface area (Å²) < 4.78 is 7.33. The zero-order valence-electron chi connectivity index (χ0n) is 23.8. The van der Waals surface area contributed by atoms with Crippen LogP contribution in [0.3, 0.4) is 0 Å². The van der Waals surface area contributed by atoms with E-state index in [1.807, 2.05) is 0 Å². The number of benzene rings is 2. The minimum absolute atomic E-state index is 0.0272. The molecule has 0 aliphatic carbocycles. The van der Waals surface area contributed by atoms with Crippen LogP contribution in [0.5, 0.6) is 0 Å². The van der Waals surface area contributed by atoms with Crippen LogP contribution in [0.25, 0.3) is 0 Å². The van der Waals surface area contributed by atoms with Gasteiger partial charge in [-0.15, -0.1) is 0 Å². The van der Waals surface area contributed by atoms with Gasteiger partial charge in [-0.3, -0.25) is 0 Å². The first-order chi connectivity index (χ1) is 17.3. The number of anilines is 2. The summed E-state index contributed by atoms with van der Waals surface area (Å²) >= 11 is 0. The molecule has 0 fully saturated rings. The summed E-state index contributed by atoms with van der Waals surface area (Å²) in [5.41, 5.74) is 9.85. The van der Waals surface area contributed by atoms with Gasteiger partial charge in [0, 0.05) is 57.4 Å². The van der Waals surface area contributed by atoms with Crippen molar-refractivity contribution in [2.75, 3.05) is 23.3 Å². The van der Waals surface area contributed by atoms with Crippen molar-refractivity contribution in [3.05, 3.63) is 94.7 Å². The highest BCUT2D eigenvalue weighted by molar-refractivity contribution is 5.74. The lowest BCUT2D eigenvalue weighted by Crippen LogP contribution is -2.55. The van der Waals surface area contributed by atoms with Crippen LogP contribution in [0.1, 0.15) is 66.5 Å². The van der Waals surface area contributed by atoms with Gasteiger partial charge in [-0.05, 0) is 40.5 Å². The molecule has 6 rings (SSSR count). The fourth-order valence-corrected chi connectivity index (χ4v) is 7.37. The Bertz CT molecular complexity index is 1370. The van der Waals surface area contributed by atoms with Crippen molar-refractivity contribution < 1.29 is 4.74 Å². The van der Waals surface area contributed by atoms with Gasteiger partial charge in [-0.1, -0.05) is 98.4 Å². The van der Waals surface area contributed by atoms with Crippen LogP contribution in [-0.2, 0) is 15.6 Å². The Morgan fingerprint density at radius 3 is 2.19 bits per heavy atom. The smallest absolute Gasteiger partial charge is 0.0918 e. The predicted octanol–water partition coefficient (Wildman–Crippen LogP) is 7.76. The number of nitrogens with zero attached hydrogens (tertiary/aromatic N) is 1. The van der Waals surface area contributed by atoms with Gasteiger partial charge in [0.2, 0.25) is 0 Å². The van der Waals surface area contributed by atoms with Crippen molar-refractivity contribution in [2.24, 2.45) is 10.8 Å². The molecule has 4 aliphatic rings. The van der Waals surface area contributed by atoms with Crippen molar-refractivity contribution in [1.82, 2.24) is 0 Å². The molecule has 3 heteroatoms. The fraction of sp³-hybridized carbons (Fsp3) is 0.471. The highest BCUT2D eigenvalue weighted by atomic mass is 16.5. The Labute approximate surface area is 223 Å². The quantitative estimate of drug-likeness (QED) is 0.405. The second-order valence-electron chi connectivity index (χ2n) is 14.0. The molecule has 2 aromatic carbocycles. The zero-order chi connectivity index (χ0) is 26.5. The van der Waals surface area contributed by atoms with Crippen LogP contribution in [0.2, 0.25) is 0 Å². The van der Waals surface area contributed by atoms with Crippen LogP contribution in [0, 0.1) is 10.8 Å². The summed E-state index contributed by atoms with van der Waals surface area (Å²) in [6.07, 6.45) is 2.47. The lowest BCUT2D eigenvalue weighted by molar-refractivity contribution is -0.0824. The lowest BCUT2D eigenvalue weighted by Gasteiger charge is -2.52. The summed E-state index contributed by atoms with van der Waals surface area (Å²) in [5.74, 6) is 0. The maximum Gasteiger partial charge on any atom is 0.0918 e. The molecule has 0 spiro atoms. The van der Waals surface area contributed by atoms with Crippen LogP contribution in [0.15, 0.2) is 83.6 Å². The third-order valence-corrected chi connectivity index (χ3v) is 9.57. The van der Waals surface area contributed by atoms with Crippen LogP contribution >= 0.6 is 0 Å². The van der Waals surface area contributed by atoms with E-state index in [-0.39, 0.29) is 33.9 Å². The highest BCUT2D eigenvalue weighted by Crippen LogP contribution is 2.57. The second kappa shape index (κ2) is 7.63. The number of fused-ring (bicyclic) bond motifs is 6. The van der Waals surface area contributed by atoms with Crippen molar-refractivity contribution in [3.63, 3.8) is 0 Å². The topological polar surface area (TPSA) is 24.5 Å². The maximum absolute atomic E-state index is 7.33. The lowest BCUT2D eigenvalue weighted by atomic mass is 9.66. The first kappa shape index (κ1) is 24.6. The molecule has 2 atom stereocenters. The van der Waals surface area contributed by atoms with E-state index < -0.39 is 0 Å². The van der Waals surface area contributed by atoms with E-state index >= 15 is 0 Å². The largest absolute Gasteiger partial charge is 0.384 e. The SMILES string of the molecule is C=C1C2=CC3=C4N(CC(C)(C)C3OC2C(C)(C)CNc2ccccc2C1(C)C)c1ccccc1C4(C)C. The molecule has 2 aromatic rings. The van der Waals surface area contributed by atoms with E-state index in [0.29, 0.717) is 0 Å². The number of hydrogen-bond donors (Lipinski definition) is 1. The zero-order valence-corrected chi connectivity index (χ0v) is 23.8. The van der Waals surface area contributed by atoms with Gasteiger partial charge in [-0.2, -0.15) is 0 Å². The van der Waals surface area contributed by atoms with Crippen molar-refractivity contribution >= 4 is 11.4 Å². The van der Waals surface area contributed by atoms with Gasteiger partial charge in [0.25, 0.3) is 0 Å². The second-order valence-corrected chi connectivity index (χ2v) is 14.0. The van der Waals surface area contributed by atoms with Gasteiger partial charge >= 0.3 is 0 Å². The molecule has 0 aromatic heterocycles. The standard InChI is InChI=1S/C34H42N2O/c1-21-22-18-23-28-34(8,9)25-15-11-13-17-27(25)36(28)20-32(4,5)30(23)37-29(22)31(2,3)19-35-26-16-12-10-14-24(26)33(21,6)7/h10-18,29-30,35H,1,19-20H2,2-9H3. The minimum Gasteiger partial charge on any atom is -0.384 e. The molecule has 4 heterocycles. The van der Waals surface area contributed by atoms with Gasteiger partial charge in [0.15, 0.2) is 0 Å². The summed E-state index contributed by atoms with van der Waals surface area (Å²) in [5, 5.41) is 3.79. The average Bonchev–Trinajstić information content (AvgIpc) is 3.08. The number of allylic oxidation sites excluding steroid dienone is 1. The normalized spacial score (nSPS) is 28.3. The van der Waals surface area contributed by atoms with E-state index in [2.05, 4.69) is 120 Å². The molecule has 0 radical (unpaired) electrons. The Morgan fingerprint density at radius 1 is 0.811 bits per heavy atom. The molecule has 0 bridgehead atoms. The van der Waals surface area contributed by atoms with E-state index in [1.54, 1.807) is 0 Å². The molecule has 0 saturated carbocycles. The predicted molar refractivity (Wildman–Crippen MR) is 155 cm³/mol. The first-order valence-corrected chi connectivity index (χ1v) is 13.8. The van der Waals surface area contributed by atoms with Crippen molar-refractivity contribution in [3.8, 4) is 0 Å². The number of hydrogen-bond acceptors (Lipinski definition) is 3. The van der Waals surface area contributed by atoms with Crippen molar-refractivity contribution in [1.29, 1.82) is 0 Å². The Kier molecular flexibility index (Phi) is 5.06. The molecule has 0 saturated heterocycles. The summed E-state index contributed by atoms with van der Waals surface area (Å²) in [6, 6.07) is 17.6. The highest BCUT2D eigenvalue weighted by Gasteiger charge is 2.54. The van der Waals surface area contributed by atoms with Gasteiger partial charge in [-0.25, -0.2) is 0 Å². The van der Waals surface area contributed by atoms with Crippen LogP contribution < -0.4 is 10.2 Å². The number of rotatable bonds is 0. The molecule has 37 heavy (non-hydrogen) atoms. The molecule has 0 amide bonds. The first-order valence-electron chi connectivity index (χ1n) is 13.8. The summed E-state index contributed by atoms with van der Waals surface area (Å²) in [7, 11) is 0. The molecule has 1 N–H and O–H groups in total. The maximum atomic E-state index is 7.33. The molecule has 2 unspecified atom stereocenters. The number of ether oxygens (including phenoxy) is 1. The van der Waals surface area contributed by atoms with Gasteiger partial charge in [0.05, 0.1) is 12.2 Å². The monoisotopic (exact) mass is 494 g/mol. The molecule has 4 aliphatic heterocycles. The minimum atomic E-state index is -0.243. The Balaban J connectivity index is 1.61. The van der Waals surface area contributed by atoms with E-state index in [4.69, 9.17) is 11.3 Å². The molecular formula is C34H42N2O. The third-order valence-electron chi connectivity index (χ3n) is 9.57. The van der Waals surface area contributed by atoms with Crippen LogP contribution in [-0.4, -0.2) is 25.3 Å². The van der Waals surface area contributed by atoms with E-state index in [9.17, 15) is 0 Å². The number of para-hydroxylation sites is 2. The summed E-state index contributed by atoms with van der Waals surface area (Å²) in [4.78, 5) is 2.58. The van der Waals surface area contributed by atoms with E-state index in [1.165, 1.54) is 39.3 Å². The Morgan fingerprint density at radius 2 is 1.46 bits per heavy atom. The third kappa shape index (κ3) is 3.36. The Hall–Kier alpha value is -2.78. The van der Waals surface area contributed by atoms with Gasteiger partial charge < -0.3 is 15.0 Å². The molecule has 194 valence electrons. The molecular weight excluding hydrogens is 452 g/mol. The fourth-order valence-electron chi connectivity index (χ4n) is 7.37. The average molecular weight is 495 g/mol. The van der Waals surface area contributed by atoms with Crippen molar-refractivity contribution in [2.45, 2.75) is 78.4 Å². The summed E-state index contributed by atoms with van der Waals surface area (Å²) in [6.45, 7) is 25.3. The molecule has 3 nitrogen and oxygen atoms in total. The van der Waals surface area contributed by atoms with E-state index in [0.717, 1.165) is 18.7 Å². The number of nitrogens with one attached hydrogen (secondary N) is 1.